The number of hydrogen-bond donors (Lipinski definition) is 1. The topological polar surface area (TPSA) is 81.4 Å². The zero-order chi connectivity index (χ0) is 14.1. The van der Waals surface area contributed by atoms with Crippen LogP contribution in [0.25, 0.3) is 5.70 Å². The molecule has 1 unspecified atom stereocenters. The van der Waals surface area contributed by atoms with E-state index in [0.29, 0.717) is 5.95 Å². The highest BCUT2D eigenvalue weighted by atomic mass is 15.6. The van der Waals surface area contributed by atoms with Gasteiger partial charge in [-0.3, -0.25) is 9.97 Å². The predicted octanol–water partition coefficient (Wildman–Crippen LogP) is 1.52. The number of nitrogens with one attached hydrogen (secondary N) is 1. The summed E-state index contributed by atoms with van der Waals surface area (Å²) in [6, 6.07) is 11.4. The van der Waals surface area contributed by atoms with Crippen molar-refractivity contribution in [1.82, 2.24) is 30.2 Å². The van der Waals surface area contributed by atoms with Crippen LogP contribution in [0.5, 0.6) is 0 Å². The van der Waals surface area contributed by atoms with Crippen LogP contribution in [0.3, 0.4) is 0 Å². The number of hydrogen-bond acceptors (Lipinski definition) is 6. The van der Waals surface area contributed by atoms with Crippen molar-refractivity contribution < 1.29 is 0 Å². The molecular weight excluding hydrogens is 266 g/mol. The molecule has 102 valence electrons. The van der Waals surface area contributed by atoms with Crippen molar-refractivity contribution in [3.05, 3.63) is 66.3 Å². The Hall–Kier alpha value is -3.09. The Morgan fingerprint density at radius 1 is 1.00 bits per heavy atom. The van der Waals surface area contributed by atoms with Crippen molar-refractivity contribution in [2.45, 2.75) is 6.04 Å². The van der Waals surface area contributed by atoms with Gasteiger partial charge in [-0.15, -0.1) is 0 Å². The molecule has 0 spiro atoms. The van der Waals surface area contributed by atoms with Crippen molar-refractivity contribution in [3.63, 3.8) is 0 Å². The molecule has 7 heteroatoms. The standard InChI is InChI=1S/C14H11N7/c1-3-7-15-10(5-1)12-9-13(11-6-2-4-8-16-11)21-14(17-12)18-19-20-21/h1-9,13H,(H,17,18,20). The lowest BCUT2D eigenvalue weighted by Crippen LogP contribution is -2.21. The van der Waals surface area contributed by atoms with Gasteiger partial charge in [0, 0.05) is 12.4 Å². The maximum Gasteiger partial charge on any atom is 0.248 e. The molecule has 3 aromatic heterocycles. The van der Waals surface area contributed by atoms with Crippen LogP contribution < -0.4 is 5.32 Å². The van der Waals surface area contributed by atoms with Crippen LogP contribution in [0.2, 0.25) is 0 Å². The van der Waals surface area contributed by atoms with E-state index in [2.05, 4.69) is 30.8 Å². The Balaban J connectivity index is 1.83. The van der Waals surface area contributed by atoms with E-state index in [-0.39, 0.29) is 6.04 Å². The molecule has 1 atom stereocenters. The van der Waals surface area contributed by atoms with Gasteiger partial charge in [0.15, 0.2) is 0 Å². The van der Waals surface area contributed by atoms with Gasteiger partial charge >= 0.3 is 0 Å². The summed E-state index contributed by atoms with van der Waals surface area (Å²) in [6.07, 6.45) is 5.54. The van der Waals surface area contributed by atoms with Gasteiger partial charge in [0.25, 0.3) is 0 Å². The van der Waals surface area contributed by atoms with E-state index in [0.717, 1.165) is 17.1 Å². The Morgan fingerprint density at radius 2 is 1.86 bits per heavy atom. The Labute approximate surface area is 120 Å². The molecule has 0 saturated heterocycles. The first-order valence-electron chi connectivity index (χ1n) is 6.51. The predicted molar refractivity (Wildman–Crippen MR) is 76.0 cm³/mol. The lowest BCUT2D eigenvalue weighted by Gasteiger charge is -2.22. The highest BCUT2D eigenvalue weighted by molar-refractivity contribution is 5.74. The van der Waals surface area contributed by atoms with Crippen LogP contribution in [-0.2, 0) is 0 Å². The third-order valence-corrected chi connectivity index (χ3v) is 3.26. The maximum absolute atomic E-state index is 4.40. The third kappa shape index (κ3) is 2.04. The second kappa shape index (κ2) is 4.78. The molecule has 0 bridgehead atoms. The fourth-order valence-corrected chi connectivity index (χ4v) is 2.29. The second-order valence-electron chi connectivity index (χ2n) is 4.57. The summed E-state index contributed by atoms with van der Waals surface area (Å²) in [5, 5.41) is 15.0. The van der Waals surface area contributed by atoms with Gasteiger partial charge in [-0.25, -0.2) is 0 Å². The molecule has 3 aromatic rings. The van der Waals surface area contributed by atoms with Gasteiger partial charge in [0.05, 0.1) is 17.1 Å². The fourth-order valence-electron chi connectivity index (χ4n) is 2.29. The molecule has 0 saturated carbocycles. The van der Waals surface area contributed by atoms with Gasteiger partial charge in [-0.2, -0.15) is 4.68 Å². The number of allylic oxidation sites excluding steroid dienone is 1. The van der Waals surface area contributed by atoms with E-state index in [1.165, 1.54) is 0 Å². The van der Waals surface area contributed by atoms with E-state index in [9.17, 15) is 0 Å². The number of rotatable bonds is 2. The first-order chi connectivity index (χ1) is 10.4. The van der Waals surface area contributed by atoms with E-state index in [1.54, 1.807) is 17.1 Å². The summed E-state index contributed by atoms with van der Waals surface area (Å²) < 4.78 is 1.70. The largest absolute Gasteiger partial charge is 0.321 e. The van der Waals surface area contributed by atoms with Crippen molar-refractivity contribution >= 4 is 11.6 Å². The third-order valence-electron chi connectivity index (χ3n) is 3.26. The first kappa shape index (κ1) is 11.7. The summed E-state index contributed by atoms with van der Waals surface area (Å²) in [7, 11) is 0. The molecule has 21 heavy (non-hydrogen) atoms. The zero-order valence-electron chi connectivity index (χ0n) is 11.0. The minimum Gasteiger partial charge on any atom is -0.321 e. The molecule has 0 amide bonds. The number of aromatic nitrogens is 6. The number of fused-ring (bicyclic) bond motifs is 1. The zero-order valence-corrected chi connectivity index (χ0v) is 11.0. The highest BCUT2D eigenvalue weighted by Crippen LogP contribution is 2.29. The van der Waals surface area contributed by atoms with Crippen LogP contribution in [0, 0.1) is 0 Å². The molecule has 4 heterocycles. The van der Waals surface area contributed by atoms with Crippen molar-refractivity contribution in [1.29, 1.82) is 0 Å². The second-order valence-corrected chi connectivity index (χ2v) is 4.57. The first-order valence-corrected chi connectivity index (χ1v) is 6.51. The molecule has 0 fully saturated rings. The molecule has 0 radical (unpaired) electrons. The maximum atomic E-state index is 4.40. The van der Waals surface area contributed by atoms with Crippen LogP contribution in [-0.4, -0.2) is 30.2 Å². The van der Waals surface area contributed by atoms with Crippen LogP contribution in [0.15, 0.2) is 54.9 Å². The van der Waals surface area contributed by atoms with E-state index in [1.807, 2.05) is 42.5 Å². The van der Waals surface area contributed by atoms with Crippen molar-refractivity contribution in [3.8, 4) is 0 Å². The average Bonchev–Trinajstić information content (AvgIpc) is 3.04. The Morgan fingerprint density at radius 3 is 2.62 bits per heavy atom. The van der Waals surface area contributed by atoms with Crippen molar-refractivity contribution in [2.75, 3.05) is 5.32 Å². The molecule has 4 rings (SSSR count). The summed E-state index contributed by atoms with van der Waals surface area (Å²) in [5.74, 6) is 0.578. The molecule has 0 aromatic carbocycles. The number of nitrogens with zero attached hydrogens (tertiary/aromatic N) is 6. The highest BCUT2D eigenvalue weighted by Gasteiger charge is 2.25. The molecule has 1 aliphatic rings. The van der Waals surface area contributed by atoms with E-state index >= 15 is 0 Å². The van der Waals surface area contributed by atoms with Crippen LogP contribution in [0.1, 0.15) is 17.4 Å². The van der Waals surface area contributed by atoms with Gasteiger partial charge in [-0.1, -0.05) is 17.2 Å². The van der Waals surface area contributed by atoms with Crippen LogP contribution in [0.4, 0.5) is 5.95 Å². The van der Waals surface area contributed by atoms with Gasteiger partial charge in [0.2, 0.25) is 5.95 Å². The van der Waals surface area contributed by atoms with Gasteiger partial charge in [0.1, 0.15) is 6.04 Å². The Bertz CT molecular complexity index is 779. The number of anilines is 1. The van der Waals surface area contributed by atoms with Gasteiger partial charge < -0.3 is 5.32 Å². The molecule has 7 nitrogen and oxygen atoms in total. The van der Waals surface area contributed by atoms with Gasteiger partial charge in [-0.05, 0) is 40.8 Å². The van der Waals surface area contributed by atoms with E-state index < -0.39 is 0 Å². The average molecular weight is 277 g/mol. The fraction of sp³-hybridized carbons (Fsp3) is 0.0714. The normalized spacial score (nSPS) is 16.8. The van der Waals surface area contributed by atoms with Crippen LogP contribution >= 0.6 is 0 Å². The number of tetrazole rings is 1. The summed E-state index contributed by atoms with van der Waals surface area (Å²) in [6.45, 7) is 0. The number of pyridine rings is 2. The summed E-state index contributed by atoms with van der Waals surface area (Å²) in [5.41, 5.74) is 2.59. The lowest BCUT2D eigenvalue weighted by molar-refractivity contribution is 0.574. The minimum absolute atomic E-state index is 0.158. The lowest BCUT2D eigenvalue weighted by atomic mass is 10.1. The molecule has 0 aliphatic carbocycles. The quantitative estimate of drug-likeness (QED) is 0.764. The van der Waals surface area contributed by atoms with Crippen molar-refractivity contribution in [2.24, 2.45) is 0 Å². The monoisotopic (exact) mass is 277 g/mol. The minimum atomic E-state index is -0.158. The summed E-state index contributed by atoms with van der Waals surface area (Å²) >= 11 is 0. The molecule has 1 N–H and O–H groups in total. The molecule has 1 aliphatic heterocycles. The van der Waals surface area contributed by atoms with E-state index in [4.69, 9.17) is 0 Å². The summed E-state index contributed by atoms with van der Waals surface area (Å²) in [4.78, 5) is 8.76. The Kier molecular flexibility index (Phi) is 2.67. The molecular formula is C14H11N7. The SMILES string of the molecule is C1=C(c2ccccn2)Nc2nnnn2C1c1ccccn1. The smallest absolute Gasteiger partial charge is 0.248 e.